The Balaban J connectivity index is 2.16. The van der Waals surface area contributed by atoms with Gasteiger partial charge in [-0.05, 0) is 36.6 Å². The largest absolute Gasteiger partial charge is 0.389 e. The molecule has 4 heteroatoms. The maximum Gasteiger partial charge on any atom is 0.345 e. The Morgan fingerprint density at radius 3 is 2.94 bits per heavy atom. The van der Waals surface area contributed by atoms with E-state index in [1.54, 1.807) is 13.0 Å². The van der Waals surface area contributed by atoms with Crippen LogP contribution in [0.1, 0.15) is 42.6 Å². The molecule has 0 N–H and O–H groups in total. The van der Waals surface area contributed by atoms with Crippen molar-refractivity contribution >= 4 is 23.7 Å². The van der Waals surface area contributed by atoms with E-state index in [0.29, 0.717) is 10.8 Å². The maximum atomic E-state index is 11.7. The third kappa shape index (κ3) is 2.93. The lowest BCUT2D eigenvalue weighted by Crippen LogP contribution is -2.13. The molecule has 18 heavy (non-hydrogen) atoms. The highest BCUT2D eigenvalue weighted by Crippen LogP contribution is 2.35. The van der Waals surface area contributed by atoms with Crippen LogP contribution < -0.4 is 0 Å². The van der Waals surface area contributed by atoms with E-state index in [0.717, 1.165) is 12.8 Å². The molecule has 1 atom stereocenters. The Morgan fingerprint density at radius 2 is 2.22 bits per heavy atom. The fourth-order valence-electron chi connectivity index (χ4n) is 1.89. The molecule has 0 bridgehead atoms. The first kappa shape index (κ1) is 13.1. The second-order valence-electron chi connectivity index (χ2n) is 4.40. The van der Waals surface area contributed by atoms with E-state index in [4.69, 9.17) is 4.74 Å². The van der Waals surface area contributed by atoms with Crippen molar-refractivity contribution in [2.75, 3.05) is 0 Å². The van der Waals surface area contributed by atoms with Gasteiger partial charge < -0.3 is 4.74 Å². The second-order valence-corrected chi connectivity index (χ2v) is 5.88. The fourth-order valence-corrected chi connectivity index (χ4v) is 3.01. The van der Waals surface area contributed by atoms with Crippen LogP contribution in [0.3, 0.4) is 0 Å². The molecule has 0 aromatic heterocycles. The third-order valence-electron chi connectivity index (χ3n) is 2.94. The summed E-state index contributed by atoms with van der Waals surface area (Å²) in [6.45, 7) is 3.87. The van der Waals surface area contributed by atoms with Gasteiger partial charge in [0.15, 0.2) is 0 Å². The lowest BCUT2D eigenvalue weighted by atomic mass is 10.0. The van der Waals surface area contributed by atoms with Crippen LogP contribution in [0, 0.1) is 0 Å². The Hall–Kier alpha value is -1.29. The Morgan fingerprint density at radius 1 is 1.44 bits per heavy atom. The molecular formula is C14H16O3S. The van der Waals surface area contributed by atoms with E-state index in [9.17, 15) is 9.59 Å². The lowest BCUT2D eigenvalue weighted by Gasteiger charge is -2.21. The second kappa shape index (κ2) is 5.57. The molecule has 1 aliphatic rings. The Kier molecular flexibility index (Phi) is 4.07. The van der Waals surface area contributed by atoms with Gasteiger partial charge in [0.2, 0.25) is 0 Å². The molecule has 1 unspecified atom stereocenters. The van der Waals surface area contributed by atoms with Crippen LogP contribution in [0.2, 0.25) is 0 Å². The van der Waals surface area contributed by atoms with Gasteiger partial charge in [0.1, 0.15) is 0 Å². The number of benzene rings is 1. The number of carbonyl (C=O) groups excluding carboxylic acids is 2. The van der Waals surface area contributed by atoms with Crippen molar-refractivity contribution < 1.29 is 14.3 Å². The number of thioether (sulfide) groups is 1. The summed E-state index contributed by atoms with van der Waals surface area (Å²) in [6, 6.07) is 5.53. The quantitative estimate of drug-likeness (QED) is 0.607. The van der Waals surface area contributed by atoms with Crippen LogP contribution in [-0.4, -0.2) is 17.2 Å². The van der Waals surface area contributed by atoms with Crippen LogP contribution in [0.5, 0.6) is 0 Å². The van der Waals surface area contributed by atoms with Crippen molar-refractivity contribution in [3.05, 3.63) is 29.3 Å². The predicted molar refractivity (Wildman–Crippen MR) is 70.8 cm³/mol. The molecule has 0 saturated carbocycles. The summed E-state index contributed by atoms with van der Waals surface area (Å²) in [4.78, 5) is 24.0. The molecule has 2 rings (SSSR count). The number of aryl methyl sites for hydroxylation is 1. The standard InChI is InChI=1S/C14H16O3S/c1-3-13(15)17-14(16)11-6-7-12-10(8-11)5-4-9(2)18-12/h6-9H,3-5H2,1-2H3. The van der Waals surface area contributed by atoms with E-state index >= 15 is 0 Å². The molecule has 1 aromatic rings. The number of hydrogen-bond donors (Lipinski definition) is 0. The first-order chi connectivity index (χ1) is 8.60. The number of esters is 2. The molecular weight excluding hydrogens is 248 g/mol. The van der Waals surface area contributed by atoms with Gasteiger partial charge in [0.05, 0.1) is 5.56 Å². The summed E-state index contributed by atoms with van der Waals surface area (Å²) >= 11 is 1.83. The van der Waals surface area contributed by atoms with Gasteiger partial charge in [0.25, 0.3) is 0 Å². The van der Waals surface area contributed by atoms with Gasteiger partial charge in [0, 0.05) is 16.6 Å². The van der Waals surface area contributed by atoms with Crippen molar-refractivity contribution in [2.45, 2.75) is 43.3 Å². The zero-order valence-corrected chi connectivity index (χ0v) is 11.4. The topological polar surface area (TPSA) is 43.4 Å². The lowest BCUT2D eigenvalue weighted by molar-refractivity contribution is -0.137. The fraction of sp³-hybridized carbons (Fsp3) is 0.429. The molecule has 0 amide bonds. The zero-order chi connectivity index (χ0) is 13.1. The predicted octanol–water partition coefficient (Wildman–Crippen LogP) is 3.21. The Labute approximate surface area is 111 Å². The zero-order valence-electron chi connectivity index (χ0n) is 10.6. The molecule has 0 radical (unpaired) electrons. The van der Waals surface area contributed by atoms with Gasteiger partial charge in [-0.2, -0.15) is 0 Å². The third-order valence-corrected chi connectivity index (χ3v) is 4.23. The number of carbonyl (C=O) groups is 2. The minimum atomic E-state index is -0.548. The summed E-state index contributed by atoms with van der Waals surface area (Å²) in [6.07, 6.45) is 2.31. The molecule has 0 aliphatic carbocycles. The molecule has 0 spiro atoms. The highest BCUT2D eigenvalue weighted by molar-refractivity contribution is 8.00. The molecule has 96 valence electrons. The smallest absolute Gasteiger partial charge is 0.345 e. The number of fused-ring (bicyclic) bond motifs is 1. The first-order valence-electron chi connectivity index (χ1n) is 6.14. The minimum Gasteiger partial charge on any atom is -0.389 e. The van der Waals surface area contributed by atoms with Gasteiger partial charge in [-0.3, -0.25) is 4.79 Å². The highest BCUT2D eigenvalue weighted by atomic mass is 32.2. The van der Waals surface area contributed by atoms with Crippen LogP contribution in [0.4, 0.5) is 0 Å². The van der Waals surface area contributed by atoms with Crippen molar-refractivity contribution in [1.29, 1.82) is 0 Å². The van der Waals surface area contributed by atoms with E-state index in [1.165, 1.54) is 10.5 Å². The molecule has 1 aliphatic heterocycles. The summed E-state index contributed by atoms with van der Waals surface area (Å²) in [7, 11) is 0. The summed E-state index contributed by atoms with van der Waals surface area (Å²) < 4.78 is 4.71. The van der Waals surface area contributed by atoms with E-state index in [-0.39, 0.29) is 6.42 Å². The van der Waals surface area contributed by atoms with E-state index in [1.807, 2.05) is 23.9 Å². The van der Waals surface area contributed by atoms with Crippen molar-refractivity contribution in [3.8, 4) is 0 Å². The highest BCUT2D eigenvalue weighted by Gasteiger charge is 2.18. The SMILES string of the molecule is CCC(=O)OC(=O)c1ccc2c(c1)CCC(C)S2. The van der Waals surface area contributed by atoms with E-state index in [2.05, 4.69) is 6.92 Å². The number of ether oxygens (including phenoxy) is 1. The first-order valence-corrected chi connectivity index (χ1v) is 7.02. The van der Waals surface area contributed by atoms with Crippen molar-refractivity contribution in [3.63, 3.8) is 0 Å². The van der Waals surface area contributed by atoms with Crippen LogP contribution >= 0.6 is 11.8 Å². The van der Waals surface area contributed by atoms with Crippen LogP contribution in [0.15, 0.2) is 23.1 Å². The average Bonchev–Trinajstić information content (AvgIpc) is 2.37. The molecule has 1 heterocycles. The summed E-state index contributed by atoms with van der Waals surface area (Å²) in [5.41, 5.74) is 1.64. The van der Waals surface area contributed by atoms with Gasteiger partial charge in [-0.25, -0.2) is 4.79 Å². The minimum absolute atomic E-state index is 0.212. The molecule has 0 fully saturated rings. The summed E-state index contributed by atoms with van der Waals surface area (Å²) in [5.74, 6) is -1.03. The van der Waals surface area contributed by atoms with Crippen molar-refractivity contribution in [1.82, 2.24) is 0 Å². The molecule has 0 saturated heterocycles. The van der Waals surface area contributed by atoms with Crippen molar-refractivity contribution in [2.24, 2.45) is 0 Å². The molecule has 1 aromatic carbocycles. The number of hydrogen-bond acceptors (Lipinski definition) is 4. The van der Waals surface area contributed by atoms with E-state index < -0.39 is 11.9 Å². The van der Waals surface area contributed by atoms with Gasteiger partial charge in [-0.1, -0.05) is 13.8 Å². The van der Waals surface area contributed by atoms with Gasteiger partial charge >= 0.3 is 11.9 Å². The number of rotatable bonds is 2. The summed E-state index contributed by atoms with van der Waals surface area (Å²) in [5, 5.41) is 0.622. The van der Waals surface area contributed by atoms with Gasteiger partial charge in [-0.15, -0.1) is 11.8 Å². The average molecular weight is 264 g/mol. The van der Waals surface area contributed by atoms with Crippen LogP contribution in [0.25, 0.3) is 0 Å². The molecule has 3 nitrogen and oxygen atoms in total. The maximum absolute atomic E-state index is 11.7. The normalized spacial score (nSPS) is 18.0. The Bertz CT molecular complexity index is 482. The van der Waals surface area contributed by atoms with Crippen LogP contribution in [-0.2, 0) is 16.0 Å². The monoisotopic (exact) mass is 264 g/mol.